The Morgan fingerprint density at radius 3 is 2.44 bits per heavy atom. The quantitative estimate of drug-likeness (QED) is 0.800. The van der Waals surface area contributed by atoms with Gasteiger partial charge in [-0.25, -0.2) is 0 Å². The second-order valence-electron chi connectivity index (χ2n) is 5.00. The summed E-state index contributed by atoms with van der Waals surface area (Å²) in [7, 11) is 0. The first-order chi connectivity index (χ1) is 8.56. The molecule has 0 aromatic heterocycles. The predicted molar refractivity (Wildman–Crippen MR) is 76.6 cm³/mol. The molecule has 0 spiro atoms. The second-order valence-corrected chi connectivity index (χ2v) is 5.44. The normalized spacial score (nSPS) is 16.1. The summed E-state index contributed by atoms with van der Waals surface area (Å²) in [5, 5.41) is 3.01. The van der Waals surface area contributed by atoms with Crippen molar-refractivity contribution < 1.29 is 4.79 Å². The molecule has 1 amide bonds. The van der Waals surface area contributed by atoms with E-state index < -0.39 is 0 Å². The number of hydrogen-bond donors (Lipinski definition) is 2. The van der Waals surface area contributed by atoms with Crippen molar-refractivity contribution in [3.63, 3.8) is 0 Å². The molecule has 0 heterocycles. The van der Waals surface area contributed by atoms with Gasteiger partial charge in [0.1, 0.15) is 4.99 Å². The molecular formula is C14H18N2OS. The van der Waals surface area contributed by atoms with Gasteiger partial charge in [0.05, 0.1) is 0 Å². The minimum absolute atomic E-state index is 0.0300. The van der Waals surface area contributed by atoms with E-state index in [0.717, 1.165) is 17.9 Å². The van der Waals surface area contributed by atoms with Gasteiger partial charge in [0.15, 0.2) is 0 Å². The van der Waals surface area contributed by atoms with E-state index in [2.05, 4.69) is 12.2 Å². The van der Waals surface area contributed by atoms with Gasteiger partial charge in [0, 0.05) is 17.2 Å². The standard InChI is InChI=1S/C14H18N2OS/c1-9(8-10-2-3-10)16-14(17)12-6-4-11(5-7-12)13(15)18/h4-7,9-10H,2-3,8H2,1H3,(H2,15,18)(H,16,17). The maximum Gasteiger partial charge on any atom is 0.251 e. The zero-order chi connectivity index (χ0) is 13.1. The fourth-order valence-corrected chi connectivity index (χ4v) is 2.14. The van der Waals surface area contributed by atoms with Crippen molar-refractivity contribution in [1.82, 2.24) is 5.32 Å². The molecular weight excluding hydrogens is 244 g/mol. The van der Waals surface area contributed by atoms with Crippen molar-refractivity contribution in [2.75, 3.05) is 0 Å². The molecule has 18 heavy (non-hydrogen) atoms. The lowest BCUT2D eigenvalue weighted by Gasteiger charge is -2.13. The molecule has 1 fully saturated rings. The van der Waals surface area contributed by atoms with Crippen molar-refractivity contribution in [2.24, 2.45) is 11.7 Å². The van der Waals surface area contributed by atoms with E-state index >= 15 is 0 Å². The first-order valence-electron chi connectivity index (χ1n) is 6.27. The van der Waals surface area contributed by atoms with Crippen LogP contribution in [-0.4, -0.2) is 16.9 Å². The van der Waals surface area contributed by atoms with E-state index in [9.17, 15) is 4.79 Å². The van der Waals surface area contributed by atoms with Gasteiger partial charge in [0.2, 0.25) is 0 Å². The highest BCUT2D eigenvalue weighted by Crippen LogP contribution is 2.33. The summed E-state index contributed by atoms with van der Waals surface area (Å²) in [6.07, 6.45) is 3.70. The molecule has 1 atom stereocenters. The molecule has 1 aliphatic rings. The maximum atomic E-state index is 12.0. The molecule has 0 saturated heterocycles. The molecule has 0 bridgehead atoms. The Balaban J connectivity index is 1.93. The minimum Gasteiger partial charge on any atom is -0.389 e. The fraction of sp³-hybridized carbons (Fsp3) is 0.429. The Kier molecular flexibility index (Phi) is 3.97. The molecule has 1 saturated carbocycles. The number of rotatable bonds is 5. The van der Waals surface area contributed by atoms with Crippen LogP contribution in [0, 0.1) is 5.92 Å². The van der Waals surface area contributed by atoms with E-state index in [0.29, 0.717) is 10.6 Å². The lowest BCUT2D eigenvalue weighted by atomic mass is 10.1. The van der Waals surface area contributed by atoms with Gasteiger partial charge in [-0.2, -0.15) is 0 Å². The first-order valence-corrected chi connectivity index (χ1v) is 6.68. The lowest BCUT2D eigenvalue weighted by Crippen LogP contribution is -2.32. The Morgan fingerprint density at radius 2 is 1.94 bits per heavy atom. The van der Waals surface area contributed by atoms with Crippen LogP contribution in [0.2, 0.25) is 0 Å². The van der Waals surface area contributed by atoms with Gasteiger partial charge in [-0.15, -0.1) is 0 Å². The monoisotopic (exact) mass is 262 g/mol. The third-order valence-corrected chi connectivity index (χ3v) is 3.43. The molecule has 4 heteroatoms. The SMILES string of the molecule is CC(CC1CC1)NC(=O)c1ccc(C(N)=S)cc1. The number of carbonyl (C=O) groups excluding carboxylic acids is 1. The second kappa shape index (κ2) is 5.48. The van der Waals surface area contributed by atoms with Gasteiger partial charge >= 0.3 is 0 Å². The Morgan fingerprint density at radius 1 is 1.39 bits per heavy atom. The molecule has 3 nitrogen and oxygen atoms in total. The van der Waals surface area contributed by atoms with Crippen LogP contribution in [0.15, 0.2) is 24.3 Å². The van der Waals surface area contributed by atoms with Crippen molar-refractivity contribution in [3.8, 4) is 0 Å². The molecule has 1 aromatic carbocycles. The molecule has 1 aliphatic carbocycles. The highest BCUT2D eigenvalue weighted by atomic mass is 32.1. The van der Waals surface area contributed by atoms with E-state index in [-0.39, 0.29) is 11.9 Å². The summed E-state index contributed by atoms with van der Waals surface area (Å²) >= 11 is 4.87. The van der Waals surface area contributed by atoms with Gasteiger partial charge in [-0.05, 0) is 31.4 Å². The van der Waals surface area contributed by atoms with E-state index in [4.69, 9.17) is 18.0 Å². The van der Waals surface area contributed by atoms with Crippen LogP contribution >= 0.6 is 12.2 Å². The smallest absolute Gasteiger partial charge is 0.251 e. The number of nitrogens with one attached hydrogen (secondary N) is 1. The number of thiocarbonyl (C=S) groups is 1. The summed E-state index contributed by atoms with van der Waals surface area (Å²) in [6, 6.07) is 7.31. The third-order valence-electron chi connectivity index (χ3n) is 3.19. The van der Waals surface area contributed by atoms with Gasteiger partial charge in [-0.3, -0.25) is 4.79 Å². The molecule has 0 aliphatic heterocycles. The van der Waals surface area contributed by atoms with E-state index in [1.54, 1.807) is 24.3 Å². The number of carbonyl (C=O) groups is 1. The summed E-state index contributed by atoms with van der Waals surface area (Å²) < 4.78 is 0. The van der Waals surface area contributed by atoms with Crippen LogP contribution in [0.1, 0.15) is 42.1 Å². The number of hydrogen-bond acceptors (Lipinski definition) is 2. The van der Waals surface area contributed by atoms with Crippen molar-refractivity contribution in [1.29, 1.82) is 0 Å². The van der Waals surface area contributed by atoms with E-state index in [1.807, 2.05) is 0 Å². The number of amides is 1. The highest BCUT2D eigenvalue weighted by Gasteiger charge is 2.24. The van der Waals surface area contributed by atoms with Crippen molar-refractivity contribution >= 4 is 23.1 Å². The van der Waals surface area contributed by atoms with Crippen molar-refractivity contribution in [2.45, 2.75) is 32.2 Å². The van der Waals surface area contributed by atoms with Crippen LogP contribution in [0.4, 0.5) is 0 Å². The van der Waals surface area contributed by atoms with Gasteiger partial charge in [-0.1, -0.05) is 37.2 Å². The van der Waals surface area contributed by atoms with Gasteiger partial charge in [0.25, 0.3) is 5.91 Å². The lowest BCUT2D eigenvalue weighted by molar-refractivity contribution is 0.0937. The maximum absolute atomic E-state index is 12.0. The zero-order valence-electron chi connectivity index (χ0n) is 10.5. The highest BCUT2D eigenvalue weighted by molar-refractivity contribution is 7.80. The molecule has 1 aromatic rings. The zero-order valence-corrected chi connectivity index (χ0v) is 11.3. The van der Waals surface area contributed by atoms with Gasteiger partial charge < -0.3 is 11.1 Å². The van der Waals surface area contributed by atoms with Crippen molar-refractivity contribution in [3.05, 3.63) is 35.4 Å². The Bertz CT molecular complexity index is 451. The Labute approximate surface area is 113 Å². The summed E-state index contributed by atoms with van der Waals surface area (Å²) in [4.78, 5) is 12.3. The first kappa shape index (κ1) is 13.0. The van der Waals surface area contributed by atoms with E-state index in [1.165, 1.54) is 12.8 Å². The summed E-state index contributed by atoms with van der Waals surface area (Å²) in [5.41, 5.74) is 6.95. The van der Waals surface area contributed by atoms with Crippen LogP contribution in [0.3, 0.4) is 0 Å². The van der Waals surface area contributed by atoms with Crippen LogP contribution in [0.25, 0.3) is 0 Å². The number of benzene rings is 1. The largest absolute Gasteiger partial charge is 0.389 e. The number of nitrogens with two attached hydrogens (primary N) is 1. The van der Waals surface area contributed by atoms with Crippen LogP contribution < -0.4 is 11.1 Å². The summed E-state index contributed by atoms with van der Waals surface area (Å²) in [6.45, 7) is 2.06. The minimum atomic E-state index is -0.0300. The van der Waals surface area contributed by atoms with Crippen LogP contribution in [0.5, 0.6) is 0 Å². The topological polar surface area (TPSA) is 55.1 Å². The fourth-order valence-electron chi connectivity index (χ4n) is 2.01. The molecule has 1 unspecified atom stereocenters. The molecule has 2 rings (SSSR count). The molecule has 0 radical (unpaired) electrons. The van der Waals surface area contributed by atoms with Crippen LogP contribution in [-0.2, 0) is 0 Å². The molecule has 96 valence electrons. The Hall–Kier alpha value is -1.42. The average Bonchev–Trinajstić information content (AvgIpc) is 3.12. The molecule has 3 N–H and O–H groups in total. The summed E-state index contributed by atoms with van der Waals surface area (Å²) in [5.74, 6) is 0.787. The third kappa shape index (κ3) is 3.53. The average molecular weight is 262 g/mol. The predicted octanol–water partition coefficient (Wildman–Crippen LogP) is 2.24.